The topological polar surface area (TPSA) is 63.2 Å². The summed E-state index contributed by atoms with van der Waals surface area (Å²) in [7, 11) is -4.82. The zero-order valence-corrected chi connectivity index (χ0v) is 21.4. The van der Waals surface area contributed by atoms with Crippen molar-refractivity contribution in [2.24, 2.45) is 0 Å². The maximum absolute atomic E-state index is 14.8. The number of carbonyl (C=O) groups excluding carboxylic acids is 1. The molecular formula is C23H17ClF11NO3S. The first kappa shape index (κ1) is 33.3. The highest BCUT2D eigenvalue weighted by Crippen LogP contribution is 2.40. The van der Waals surface area contributed by atoms with Crippen LogP contribution in [0.15, 0.2) is 42.5 Å². The van der Waals surface area contributed by atoms with E-state index in [4.69, 9.17) is 11.6 Å². The van der Waals surface area contributed by atoms with Gasteiger partial charge in [-0.15, -0.1) is 0 Å². The first-order chi connectivity index (χ1) is 18.0. The molecule has 0 bridgehead atoms. The van der Waals surface area contributed by atoms with Crippen LogP contribution < -0.4 is 5.32 Å². The Labute approximate surface area is 224 Å². The number of halogens is 12. The zero-order valence-electron chi connectivity index (χ0n) is 19.8. The molecule has 0 fully saturated rings. The Balaban J connectivity index is 2.44. The highest BCUT2D eigenvalue weighted by molar-refractivity contribution is 7.91. The van der Waals surface area contributed by atoms with Crippen LogP contribution in [-0.4, -0.2) is 44.2 Å². The van der Waals surface area contributed by atoms with Crippen LogP contribution in [-0.2, 0) is 16.0 Å². The van der Waals surface area contributed by atoms with Gasteiger partial charge in [0.25, 0.3) is 5.91 Å². The zero-order chi connectivity index (χ0) is 30.8. The molecular weight excluding hydrogens is 615 g/mol. The lowest BCUT2D eigenvalue weighted by molar-refractivity contribution is -0.140. The molecule has 1 unspecified atom stereocenters. The molecule has 1 N–H and O–H groups in total. The summed E-state index contributed by atoms with van der Waals surface area (Å²) in [5, 5.41) is 1.33. The number of allylic oxidation sites excluding steroid dienone is 1. The fourth-order valence-corrected chi connectivity index (χ4v) is 5.23. The maximum atomic E-state index is 14.8. The predicted molar refractivity (Wildman–Crippen MR) is 122 cm³/mol. The van der Waals surface area contributed by atoms with Gasteiger partial charge in [-0.1, -0.05) is 17.7 Å². The van der Waals surface area contributed by atoms with Crippen LogP contribution in [0.25, 0.3) is 5.83 Å². The standard InChI is InChI=1S/C23H17ClF11NO3S/c1-11(9-40(38,39)10-21(27,28)29)36-20(37)16-3-2-12(6-18(16)23(33,34)35)19(26)8-17(22(30,31)32)13-4-14(24)7-15(25)5-13/h2-8,11,17H,9-10H2,1H3,(H,36,37)/b19-8-/t11-,17?/m1/s1. The number of rotatable bonds is 8. The van der Waals surface area contributed by atoms with Gasteiger partial charge in [-0.3, -0.25) is 4.79 Å². The van der Waals surface area contributed by atoms with Gasteiger partial charge >= 0.3 is 18.5 Å². The molecule has 2 aromatic rings. The summed E-state index contributed by atoms with van der Waals surface area (Å²) < 4.78 is 171. The molecule has 2 atom stereocenters. The number of hydrogen-bond acceptors (Lipinski definition) is 3. The Kier molecular flexibility index (Phi) is 9.94. The van der Waals surface area contributed by atoms with Crippen molar-refractivity contribution in [1.82, 2.24) is 5.32 Å². The van der Waals surface area contributed by atoms with Crippen molar-refractivity contribution in [1.29, 1.82) is 0 Å². The van der Waals surface area contributed by atoms with E-state index in [-0.39, 0.29) is 12.1 Å². The Morgan fingerprint density at radius 2 is 1.60 bits per heavy atom. The molecule has 0 spiro atoms. The SMILES string of the molecule is C[C@H](CS(=O)(=O)CC(F)(F)F)NC(=O)c1ccc(/C(F)=C/C(c2cc(F)cc(Cl)c2)C(F)(F)F)cc1C(F)(F)F. The van der Waals surface area contributed by atoms with Crippen molar-refractivity contribution >= 4 is 33.2 Å². The van der Waals surface area contributed by atoms with Crippen LogP contribution in [0.1, 0.15) is 39.9 Å². The third-order valence-electron chi connectivity index (χ3n) is 5.02. The second kappa shape index (κ2) is 11.9. The Morgan fingerprint density at radius 3 is 2.10 bits per heavy atom. The average Bonchev–Trinajstić information content (AvgIpc) is 2.72. The van der Waals surface area contributed by atoms with Gasteiger partial charge in [0, 0.05) is 16.6 Å². The van der Waals surface area contributed by atoms with Gasteiger partial charge in [0.15, 0.2) is 9.84 Å². The van der Waals surface area contributed by atoms with Crippen molar-refractivity contribution in [2.45, 2.75) is 37.4 Å². The van der Waals surface area contributed by atoms with Crippen molar-refractivity contribution in [3.63, 3.8) is 0 Å². The minimum Gasteiger partial charge on any atom is -0.349 e. The van der Waals surface area contributed by atoms with E-state index in [0.717, 1.165) is 6.92 Å². The van der Waals surface area contributed by atoms with Crippen LogP contribution in [0, 0.1) is 5.82 Å². The molecule has 0 heterocycles. The van der Waals surface area contributed by atoms with Gasteiger partial charge in [0.2, 0.25) is 0 Å². The van der Waals surface area contributed by atoms with E-state index in [0.29, 0.717) is 30.3 Å². The van der Waals surface area contributed by atoms with Gasteiger partial charge in [-0.25, -0.2) is 17.2 Å². The van der Waals surface area contributed by atoms with Gasteiger partial charge in [-0.05, 0) is 48.9 Å². The lowest BCUT2D eigenvalue weighted by Gasteiger charge is -2.19. The van der Waals surface area contributed by atoms with Crippen LogP contribution in [0.4, 0.5) is 48.3 Å². The quantitative estimate of drug-likeness (QED) is 0.312. The summed E-state index contributed by atoms with van der Waals surface area (Å²) >= 11 is 5.55. The summed E-state index contributed by atoms with van der Waals surface area (Å²) in [6, 6.07) is 1.08. The van der Waals surface area contributed by atoms with Gasteiger partial charge in [-0.2, -0.15) is 39.5 Å². The third kappa shape index (κ3) is 9.64. The molecule has 0 saturated heterocycles. The van der Waals surface area contributed by atoms with Crippen LogP contribution >= 0.6 is 11.6 Å². The van der Waals surface area contributed by atoms with Crippen molar-refractivity contribution < 1.29 is 61.5 Å². The number of nitrogens with one attached hydrogen (secondary N) is 1. The first-order valence-electron chi connectivity index (χ1n) is 10.7. The summed E-state index contributed by atoms with van der Waals surface area (Å²) in [5.74, 6) is -11.0. The molecule has 4 nitrogen and oxygen atoms in total. The van der Waals surface area contributed by atoms with Gasteiger partial charge < -0.3 is 5.32 Å². The second-order valence-corrected chi connectivity index (χ2v) is 11.1. The number of amides is 1. The summed E-state index contributed by atoms with van der Waals surface area (Å²) in [5.41, 5.74) is -4.96. The smallest absolute Gasteiger partial charge is 0.349 e. The number of hydrogen-bond donors (Lipinski definition) is 1. The van der Waals surface area contributed by atoms with E-state index >= 15 is 0 Å². The lowest BCUT2D eigenvalue weighted by Crippen LogP contribution is -2.40. The predicted octanol–water partition coefficient (Wildman–Crippen LogP) is 7.25. The number of carbonyl (C=O) groups is 1. The Morgan fingerprint density at radius 1 is 1.00 bits per heavy atom. The molecule has 2 aromatic carbocycles. The van der Waals surface area contributed by atoms with Gasteiger partial charge in [0.1, 0.15) is 23.3 Å². The van der Waals surface area contributed by atoms with E-state index in [1.165, 1.54) is 0 Å². The second-order valence-electron chi connectivity index (χ2n) is 8.54. The molecule has 1 amide bonds. The number of benzene rings is 2. The normalized spacial score (nSPS) is 15.1. The minimum absolute atomic E-state index is 0.0117. The van der Waals surface area contributed by atoms with Crippen LogP contribution in [0.5, 0.6) is 0 Å². The number of alkyl halides is 9. The molecule has 0 radical (unpaired) electrons. The highest BCUT2D eigenvalue weighted by atomic mass is 35.5. The molecule has 2 rings (SSSR count). The average molecular weight is 632 g/mol. The van der Waals surface area contributed by atoms with E-state index in [1.807, 2.05) is 0 Å². The molecule has 0 aromatic heterocycles. The van der Waals surface area contributed by atoms with Gasteiger partial charge in [0.05, 0.1) is 16.9 Å². The lowest BCUT2D eigenvalue weighted by atomic mass is 9.95. The first-order valence-corrected chi connectivity index (χ1v) is 12.9. The largest absolute Gasteiger partial charge is 0.417 e. The summed E-state index contributed by atoms with van der Waals surface area (Å²) in [6.07, 6.45) is -15.8. The highest BCUT2D eigenvalue weighted by Gasteiger charge is 2.41. The summed E-state index contributed by atoms with van der Waals surface area (Å²) in [4.78, 5) is 12.4. The molecule has 40 heavy (non-hydrogen) atoms. The van der Waals surface area contributed by atoms with E-state index < -0.39 is 96.7 Å². The molecule has 17 heteroatoms. The van der Waals surface area contributed by atoms with Crippen molar-refractivity contribution in [2.75, 3.05) is 11.5 Å². The maximum Gasteiger partial charge on any atom is 0.417 e. The number of sulfone groups is 1. The molecule has 0 aliphatic rings. The van der Waals surface area contributed by atoms with Crippen LogP contribution in [0.3, 0.4) is 0 Å². The fraction of sp³-hybridized carbons (Fsp3) is 0.348. The fourth-order valence-electron chi connectivity index (χ4n) is 3.53. The van der Waals surface area contributed by atoms with E-state index in [9.17, 15) is 61.5 Å². The third-order valence-corrected chi connectivity index (χ3v) is 7.01. The Hall–Kier alpha value is -2.88. The molecule has 0 saturated carbocycles. The monoisotopic (exact) mass is 631 g/mol. The molecule has 222 valence electrons. The van der Waals surface area contributed by atoms with E-state index in [1.54, 1.807) is 5.32 Å². The molecule has 0 aliphatic carbocycles. The van der Waals surface area contributed by atoms with E-state index in [2.05, 4.69) is 0 Å². The minimum atomic E-state index is -5.38. The Bertz CT molecular complexity index is 1360. The van der Waals surface area contributed by atoms with Crippen molar-refractivity contribution in [3.8, 4) is 0 Å². The van der Waals surface area contributed by atoms with Crippen molar-refractivity contribution in [3.05, 3.63) is 75.6 Å². The summed E-state index contributed by atoms with van der Waals surface area (Å²) in [6.45, 7) is 0.909. The van der Waals surface area contributed by atoms with Crippen LogP contribution in [0.2, 0.25) is 5.02 Å². The molecule has 0 aliphatic heterocycles.